The molecular weight excluding hydrogens is 146 g/mol. The average molecular weight is 171 g/mol. The minimum Gasteiger partial charge on any atom is -0.317 e. The standard InChI is InChI=1S/C11H25N/c1-7-9(2)11(4,5)8-10(3)12-6/h9-10,12H,7-8H2,1-6H3. The van der Waals surface area contributed by atoms with E-state index in [0.717, 1.165) is 5.92 Å². The average Bonchev–Trinajstić information content (AvgIpc) is 2.02. The largest absolute Gasteiger partial charge is 0.317 e. The molecular formula is C11H25N. The van der Waals surface area contributed by atoms with Gasteiger partial charge in [0, 0.05) is 6.04 Å². The predicted molar refractivity (Wildman–Crippen MR) is 56.4 cm³/mol. The van der Waals surface area contributed by atoms with Crippen LogP contribution in [-0.4, -0.2) is 13.1 Å². The maximum absolute atomic E-state index is 3.30. The molecule has 0 heterocycles. The second-order valence-electron chi connectivity index (χ2n) is 4.69. The molecule has 1 heteroatoms. The predicted octanol–water partition coefficient (Wildman–Crippen LogP) is 3.06. The van der Waals surface area contributed by atoms with Gasteiger partial charge in [0.2, 0.25) is 0 Å². The van der Waals surface area contributed by atoms with Gasteiger partial charge in [-0.2, -0.15) is 0 Å². The van der Waals surface area contributed by atoms with Crippen LogP contribution < -0.4 is 5.32 Å². The number of hydrogen-bond acceptors (Lipinski definition) is 1. The second-order valence-corrected chi connectivity index (χ2v) is 4.69. The van der Waals surface area contributed by atoms with E-state index in [2.05, 4.69) is 39.9 Å². The molecule has 0 saturated carbocycles. The molecule has 0 aliphatic heterocycles. The van der Waals surface area contributed by atoms with Crippen LogP contribution in [0.3, 0.4) is 0 Å². The highest BCUT2D eigenvalue weighted by Gasteiger charge is 2.25. The van der Waals surface area contributed by atoms with E-state index in [1.165, 1.54) is 12.8 Å². The van der Waals surface area contributed by atoms with Crippen molar-refractivity contribution in [3.63, 3.8) is 0 Å². The Morgan fingerprint density at radius 3 is 2.08 bits per heavy atom. The van der Waals surface area contributed by atoms with Crippen molar-refractivity contribution in [3.05, 3.63) is 0 Å². The molecule has 1 nitrogen and oxygen atoms in total. The van der Waals surface area contributed by atoms with Crippen molar-refractivity contribution in [3.8, 4) is 0 Å². The molecule has 2 atom stereocenters. The lowest BCUT2D eigenvalue weighted by Gasteiger charge is -2.33. The van der Waals surface area contributed by atoms with E-state index in [9.17, 15) is 0 Å². The topological polar surface area (TPSA) is 12.0 Å². The fourth-order valence-corrected chi connectivity index (χ4v) is 1.64. The first-order valence-electron chi connectivity index (χ1n) is 5.11. The van der Waals surface area contributed by atoms with Crippen LogP contribution in [0.5, 0.6) is 0 Å². The summed E-state index contributed by atoms with van der Waals surface area (Å²) >= 11 is 0. The van der Waals surface area contributed by atoms with Gasteiger partial charge in [0.15, 0.2) is 0 Å². The van der Waals surface area contributed by atoms with E-state index in [1.807, 2.05) is 7.05 Å². The van der Waals surface area contributed by atoms with Crippen LogP contribution in [0, 0.1) is 11.3 Å². The van der Waals surface area contributed by atoms with Gasteiger partial charge in [-0.25, -0.2) is 0 Å². The summed E-state index contributed by atoms with van der Waals surface area (Å²) in [5, 5.41) is 3.30. The Labute approximate surface area is 77.9 Å². The van der Waals surface area contributed by atoms with Crippen molar-refractivity contribution in [1.82, 2.24) is 5.32 Å². The zero-order valence-corrected chi connectivity index (χ0v) is 9.57. The SMILES string of the molecule is CCC(C)C(C)(C)CC(C)NC. The summed E-state index contributed by atoms with van der Waals surface area (Å²) < 4.78 is 0. The summed E-state index contributed by atoms with van der Waals surface area (Å²) in [4.78, 5) is 0. The molecule has 0 fully saturated rings. The van der Waals surface area contributed by atoms with Crippen molar-refractivity contribution in [1.29, 1.82) is 0 Å². The highest BCUT2D eigenvalue weighted by molar-refractivity contribution is 4.78. The smallest absolute Gasteiger partial charge is 0.00409 e. The number of hydrogen-bond donors (Lipinski definition) is 1. The molecule has 0 saturated heterocycles. The first-order chi connectivity index (χ1) is 5.44. The van der Waals surface area contributed by atoms with Gasteiger partial charge < -0.3 is 5.32 Å². The summed E-state index contributed by atoms with van der Waals surface area (Å²) in [5.41, 5.74) is 0.469. The van der Waals surface area contributed by atoms with Crippen LogP contribution in [0.2, 0.25) is 0 Å². The fourth-order valence-electron chi connectivity index (χ4n) is 1.64. The van der Waals surface area contributed by atoms with Gasteiger partial charge in [-0.15, -0.1) is 0 Å². The number of rotatable bonds is 5. The van der Waals surface area contributed by atoms with Crippen LogP contribution in [0.4, 0.5) is 0 Å². The van der Waals surface area contributed by atoms with Crippen molar-refractivity contribution < 1.29 is 0 Å². The molecule has 0 radical (unpaired) electrons. The van der Waals surface area contributed by atoms with Gasteiger partial charge in [0.25, 0.3) is 0 Å². The first kappa shape index (κ1) is 12.0. The molecule has 0 aromatic carbocycles. The molecule has 2 unspecified atom stereocenters. The Balaban J connectivity index is 4.02. The summed E-state index contributed by atoms with van der Waals surface area (Å²) in [5.74, 6) is 0.813. The Kier molecular flexibility index (Phi) is 4.84. The Bertz CT molecular complexity index is 118. The Morgan fingerprint density at radius 1 is 1.25 bits per heavy atom. The summed E-state index contributed by atoms with van der Waals surface area (Å²) in [6, 6.07) is 0.633. The first-order valence-corrected chi connectivity index (χ1v) is 5.11. The molecule has 0 aliphatic rings. The van der Waals surface area contributed by atoms with E-state index in [0.29, 0.717) is 11.5 Å². The van der Waals surface area contributed by atoms with Crippen LogP contribution in [0.1, 0.15) is 47.5 Å². The highest BCUT2D eigenvalue weighted by atomic mass is 14.9. The van der Waals surface area contributed by atoms with Gasteiger partial charge in [-0.05, 0) is 31.7 Å². The molecule has 0 aliphatic carbocycles. The highest BCUT2D eigenvalue weighted by Crippen LogP contribution is 2.33. The number of nitrogens with one attached hydrogen (secondary N) is 1. The molecule has 74 valence electrons. The van der Waals surface area contributed by atoms with Gasteiger partial charge >= 0.3 is 0 Å². The van der Waals surface area contributed by atoms with Gasteiger partial charge in [-0.1, -0.05) is 34.1 Å². The lowest BCUT2D eigenvalue weighted by atomic mass is 9.74. The molecule has 0 spiro atoms. The lowest BCUT2D eigenvalue weighted by Crippen LogP contribution is -2.32. The molecule has 0 aromatic rings. The molecule has 0 aromatic heterocycles. The molecule has 0 bridgehead atoms. The van der Waals surface area contributed by atoms with Crippen molar-refractivity contribution in [2.45, 2.75) is 53.5 Å². The van der Waals surface area contributed by atoms with Crippen LogP contribution >= 0.6 is 0 Å². The molecule has 0 amide bonds. The molecule has 0 rings (SSSR count). The quantitative estimate of drug-likeness (QED) is 0.670. The van der Waals surface area contributed by atoms with Gasteiger partial charge in [0.05, 0.1) is 0 Å². The van der Waals surface area contributed by atoms with Crippen LogP contribution in [-0.2, 0) is 0 Å². The third kappa shape index (κ3) is 3.57. The summed E-state index contributed by atoms with van der Waals surface area (Å²) in [6.45, 7) is 11.6. The van der Waals surface area contributed by atoms with Gasteiger partial charge in [-0.3, -0.25) is 0 Å². The molecule has 12 heavy (non-hydrogen) atoms. The minimum atomic E-state index is 0.469. The van der Waals surface area contributed by atoms with Crippen molar-refractivity contribution >= 4 is 0 Å². The van der Waals surface area contributed by atoms with Gasteiger partial charge in [0.1, 0.15) is 0 Å². The van der Waals surface area contributed by atoms with E-state index in [1.54, 1.807) is 0 Å². The Morgan fingerprint density at radius 2 is 1.75 bits per heavy atom. The fraction of sp³-hybridized carbons (Fsp3) is 1.00. The van der Waals surface area contributed by atoms with E-state index < -0.39 is 0 Å². The monoisotopic (exact) mass is 171 g/mol. The second kappa shape index (κ2) is 4.86. The molecule has 1 N–H and O–H groups in total. The minimum absolute atomic E-state index is 0.469. The summed E-state index contributed by atoms with van der Waals surface area (Å²) in [7, 11) is 2.04. The van der Waals surface area contributed by atoms with E-state index in [4.69, 9.17) is 0 Å². The third-order valence-corrected chi connectivity index (χ3v) is 3.27. The zero-order chi connectivity index (χ0) is 9.78. The summed E-state index contributed by atoms with van der Waals surface area (Å²) in [6.07, 6.45) is 2.54. The lowest BCUT2D eigenvalue weighted by molar-refractivity contribution is 0.187. The third-order valence-electron chi connectivity index (χ3n) is 3.27. The van der Waals surface area contributed by atoms with Crippen molar-refractivity contribution in [2.24, 2.45) is 11.3 Å². The van der Waals surface area contributed by atoms with E-state index in [-0.39, 0.29) is 0 Å². The Hall–Kier alpha value is -0.0400. The van der Waals surface area contributed by atoms with Crippen LogP contribution in [0.25, 0.3) is 0 Å². The van der Waals surface area contributed by atoms with E-state index >= 15 is 0 Å². The normalized spacial score (nSPS) is 17.5. The zero-order valence-electron chi connectivity index (χ0n) is 9.57. The van der Waals surface area contributed by atoms with Crippen molar-refractivity contribution in [2.75, 3.05) is 7.05 Å². The maximum Gasteiger partial charge on any atom is 0.00409 e. The van der Waals surface area contributed by atoms with Crippen LogP contribution in [0.15, 0.2) is 0 Å². The maximum atomic E-state index is 3.30.